The van der Waals surface area contributed by atoms with Gasteiger partial charge in [0.1, 0.15) is 11.5 Å². The summed E-state index contributed by atoms with van der Waals surface area (Å²) in [6.45, 7) is 0.491. The molecule has 114 valence electrons. The van der Waals surface area contributed by atoms with Gasteiger partial charge in [0.25, 0.3) is 5.89 Å². The molecular weight excluding hydrogens is 274 g/mol. The molecule has 2 amide bonds. The number of nitrogens with zero attached hydrogens (tertiary/aromatic N) is 2. The van der Waals surface area contributed by atoms with E-state index < -0.39 is 0 Å². The Morgan fingerprint density at radius 2 is 2.10 bits per heavy atom. The van der Waals surface area contributed by atoms with Crippen LogP contribution in [-0.4, -0.2) is 39.5 Å². The van der Waals surface area contributed by atoms with Crippen LogP contribution < -0.4 is 5.32 Å². The van der Waals surface area contributed by atoms with Gasteiger partial charge in [-0.05, 0) is 12.8 Å². The standard InChI is InChI=1S/C14H19N3O4/c18-6-5-12(19)17-7-10-11(8-17)21-14(16-10)13(20)15-9-3-1-2-4-9/h9,18H,1-8H2,(H,15,20). The van der Waals surface area contributed by atoms with Crippen LogP contribution in [0, 0.1) is 0 Å². The number of rotatable bonds is 4. The van der Waals surface area contributed by atoms with E-state index in [1.165, 1.54) is 0 Å². The lowest BCUT2D eigenvalue weighted by molar-refractivity contribution is -0.132. The Morgan fingerprint density at radius 1 is 1.33 bits per heavy atom. The molecule has 1 aromatic heterocycles. The van der Waals surface area contributed by atoms with Crippen molar-refractivity contribution in [3.05, 3.63) is 17.3 Å². The second kappa shape index (κ2) is 5.85. The minimum absolute atomic E-state index is 0.0844. The zero-order valence-electron chi connectivity index (χ0n) is 11.8. The quantitative estimate of drug-likeness (QED) is 0.846. The molecule has 0 aromatic carbocycles. The summed E-state index contributed by atoms with van der Waals surface area (Å²) in [5, 5.41) is 11.7. The third-order valence-corrected chi connectivity index (χ3v) is 4.02. The van der Waals surface area contributed by atoms with Gasteiger partial charge in [0, 0.05) is 12.5 Å². The van der Waals surface area contributed by atoms with Crippen molar-refractivity contribution in [3.8, 4) is 0 Å². The molecule has 2 aliphatic rings. The van der Waals surface area contributed by atoms with Crippen molar-refractivity contribution in [3.63, 3.8) is 0 Å². The molecule has 3 rings (SSSR count). The Bertz CT molecular complexity index is 525. The van der Waals surface area contributed by atoms with E-state index in [0.29, 0.717) is 24.5 Å². The Balaban J connectivity index is 1.61. The van der Waals surface area contributed by atoms with Crippen LogP contribution >= 0.6 is 0 Å². The molecule has 21 heavy (non-hydrogen) atoms. The van der Waals surface area contributed by atoms with E-state index in [1.54, 1.807) is 4.90 Å². The summed E-state index contributed by atoms with van der Waals surface area (Å²) in [6, 6.07) is 0.224. The first-order valence-electron chi connectivity index (χ1n) is 7.35. The zero-order valence-corrected chi connectivity index (χ0v) is 11.8. The van der Waals surface area contributed by atoms with Crippen molar-refractivity contribution in [1.29, 1.82) is 0 Å². The number of oxazole rings is 1. The largest absolute Gasteiger partial charge is 0.435 e. The van der Waals surface area contributed by atoms with Gasteiger partial charge in [-0.15, -0.1) is 0 Å². The molecule has 7 heteroatoms. The highest BCUT2D eigenvalue weighted by Gasteiger charge is 2.30. The SMILES string of the molecule is O=C(NC1CCCC1)c1nc2c(o1)CN(C(=O)CCO)C2. The highest BCUT2D eigenvalue weighted by molar-refractivity contribution is 5.90. The lowest BCUT2D eigenvalue weighted by atomic mass is 10.2. The van der Waals surface area contributed by atoms with E-state index in [9.17, 15) is 9.59 Å². The van der Waals surface area contributed by atoms with E-state index in [0.717, 1.165) is 25.7 Å². The van der Waals surface area contributed by atoms with Crippen LogP contribution in [0.4, 0.5) is 0 Å². The fourth-order valence-corrected chi connectivity index (χ4v) is 2.88. The number of nitrogens with one attached hydrogen (secondary N) is 1. The van der Waals surface area contributed by atoms with Crippen LogP contribution in [0.25, 0.3) is 0 Å². The molecule has 2 heterocycles. The van der Waals surface area contributed by atoms with Gasteiger partial charge >= 0.3 is 5.91 Å². The van der Waals surface area contributed by atoms with E-state index in [4.69, 9.17) is 9.52 Å². The second-order valence-electron chi connectivity index (χ2n) is 5.57. The summed E-state index contributed by atoms with van der Waals surface area (Å²) in [7, 11) is 0. The summed E-state index contributed by atoms with van der Waals surface area (Å²) >= 11 is 0. The second-order valence-corrected chi connectivity index (χ2v) is 5.57. The van der Waals surface area contributed by atoms with Crippen LogP contribution in [-0.2, 0) is 17.9 Å². The average Bonchev–Trinajstić information content (AvgIpc) is 3.13. The fourth-order valence-electron chi connectivity index (χ4n) is 2.88. The highest BCUT2D eigenvalue weighted by Crippen LogP contribution is 2.24. The molecule has 1 aromatic rings. The minimum Gasteiger partial charge on any atom is -0.435 e. The van der Waals surface area contributed by atoms with Crippen molar-refractivity contribution in [1.82, 2.24) is 15.2 Å². The third kappa shape index (κ3) is 2.92. The molecule has 0 radical (unpaired) electrons. The number of aliphatic hydroxyl groups excluding tert-OH is 1. The number of aromatic nitrogens is 1. The number of aliphatic hydroxyl groups is 1. The number of hydrogen-bond donors (Lipinski definition) is 2. The van der Waals surface area contributed by atoms with Crippen LogP contribution in [0.5, 0.6) is 0 Å². The summed E-state index contributed by atoms with van der Waals surface area (Å²) in [4.78, 5) is 29.5. The van der Waals surface area contributed by atoms with Crippen LogP contribution in [0.15, 0.2) is 4.42 Å². The van der Waals surface area contributed by atoms with E-state index >= 15 is 0 Å². The Kier molecular flexibility index (Phi) is 3.92. The molecule has 1 fully saturated rings. The minimum atomic E-state index is -0.274. The van der Waals surface area contributed by atoms with E-state index in [1.807, 2.05) is 0 Å². The first kappa shape index (κ1) is 14.1. The van der Waals surface area contributed by atoms with Crippen molar-refractivity contribution in [2.75, 3.05) is 6.61 Å². The molecule has 0 atom stereocenters. The average molecular weight is 293 g/mol. The zero-order chi connectivity index (χ0) is 14.8. The molecule has 7 nitrogen and oxygen atoms in total. The smallest absolute Gasteiger partial charge is 0.307 e. The van der Waals surface area contributed by atoms with Gasteiger partial charge in [-0.3, -0.25) is 9.59 Å². The first-order chi connectivity index (χ1) is 10.2. The summed E-state index contributed by atoms with van der Waals surface area (Å²) < 4.78 is 5.48. The van der Waals surface area contributed by atoms with Gasteiger partial charge < -0.3 is 19.7 Å². The predicted octanol–water partition coefficient (Wildman–Crippen LogP) is 0.572. The molecule has 1 aliphatic heterocycles. The number of hydrogen-bond acceptors (Lipinski definition) is 5. The molecule has 0 saturated heterocycles. The molecule has 0 spiro atoms. The third-order valence-electron chi connectivity index (χ3n) is 4.02. The number of carbonyl (C=O) groups excluding carboxylic acids is 2. The van der Waals surface area contributed by atoms with Crippen molar-refractivity contribution >= 4 is 11.8 Å². The van der Waals surface area contributed by atoms with Gasteiger partial charge in [0.15, 0.2) is 0 Å². The molecule has 1 aliphatic carbocycles. The summed E-state index contributed by atoms with van der Waals surface area (Å²) in [5.74, 6) is 0.242. The van der Waals surface area contributed by atoms with Gasteiger partial charge in [0.05, 0.1) is 19.7 Å². The lowest BCUT2D eigenvalue weighted by Gasteiger charge is -2.14. The van der Waals surface area contributed by atoms with Crippen molar-refractivity contribution < 1.29 is 19.1 Å². The van der Waals surface area contributed by atoms with Crippen molar-refractivity contribution in [2.24, 2.45) is 0 Å². The lowest BCUT2D eigenvalue weighted by Crippen LogP contribution is -2.33. The number of fused-ring (bicyclic) bond motifs is 1. The first-order valence-corrected chi connectivity index (χ1v) is 7.35. The maximum Gasteiger partial charge on any atom is 0.307 e. The monoisotopic (exact) mass is 293 g/mol. The topological polar surface area (TPSA) is 95.7 Å². The molecule has 2 N–H and O–H groups in total. The van der Waals surface area contributed by atoms with Gasteiger partial charge in [0.2, 0.25) is 5.91 Å². The van der Waals surface area contributed by atoms with E-state index in [2.05, 4.69) is 10.3 Å². The van der Waals surface area contributed by atoms with Gasteiger partial charge in [-0.1, -0.05) is 12.8 Å². The van der Waals surface area contributed by atoms with Crippen molar-refractivity contribution in [2.45, 2.75) is 51.2 Å². The maximum absolute atomic E-state index is 12.0. The molecule has 1 saturated carbocycles. The van der Waals surface area contributed by atoms with Crippen LogP contribution in [0.1, 0.15) is 54.2 Å². The Hall–Kier alpha value is -1.89. The summed E-state index contributed by atoms with van der Waals surface area (Å²) in [6.07, 6.45) is 4.41. The van der Waals surface area contributed by atoms with Crippen LogP contribution in [0.2, 0.25) is 0 Å². The molecule has 0 unspecified atom stereocenters. The maximum atomic E-state index is 12.0. The van der Waals surface area contributed by atoms with Gasteiger partial charge in [-0.2, -0.15) is 0 Å². The predicted molar refractivity (Wildman–Crippen MR) is 72.2 cm³/mol. The number of carbonyl (C=O) groups is 2. The number of amides is 2. The van der Waals surface area contributed by atoms with E-state index in [-0.39, 0.29) is 36.8 Å². The Morgan fingerprint density at radius 3 is 2.76 bits per heavy atom. The Labute approximate surface area is 122 Å². The normalized spacial score (nSPS) is 18.0. The summed E-state index contributed by atoms with van der Waals surface area (Å²) in [5.41, 5.74) is 0.637. The fraction of sp³-hybridized carbons (Fsp3) is 0.643. The molecular formula is C14H19N3O4. The van der Waals surface area contributed by atoms with Crippen LogP contribution in [0.3, 0.4) is 0 Å². The molecule has 0 bridgehead atoms. The highest BCUT2D eigenvalue weighted by atomic mass is 16.4. The van der Waals surface area contributed by atoms with Gasteiger partial charge in [-0.25, -0.2) is 4.98 Å².